The first-order valence-electron chi connectivity index (χ1n) is 8.41. The highest BCUT2D eigenvalue weighted by molar-refractivity contribution is 7.89. The van der Waals surface area contributed by atoms with Crippen LogP contribution in [0.1, 0.15) is 26.4 Å². The number of fused-ring (bicyclic) bond motifs is 1. The predicted molar refractivity (Wildman–Crippen MR) is 105 cm³/mol. The molecule has 0 bridgehead atoms. The smallest absolute Gasteiger partial charge is 0.286 e. The molecule has 1 aromatic heterocycles. The van der Waals surface area contributed by atoms with Crippen LogP contribution >= 0.6 is 0 Å². The third-order valence-corrected chi connectivity index (χ3v) is 6.00. The molecule has 146 valence electrons. The van der Waals surface area contributed by atoms with E-state index in [4.69, 9.17) is 0 Å². The third-order valence-electron chi connectivity index (χ3n) is 4.19. The molecule has 3 N–H and O–H groups in total. The lowest BCUT2D eigenvalue weighted by Crippen LogP contribution is -2.41. The van der Waals surface area contributed by atoms with E-state index >= 15 is 0 Å². The van der Waals surface area contributed by atoms with Crippen molar-refractivity contribution in [2.24, 2.45) is 0 Å². The van der Waals surface area contributed by atoms with Crippen molar-refractivity contribution in [1.29, 1.82) is 0 Å². The number of hydrogen-bond donors (Lipinski definition) is 3. The number of aromatic amines is 1. The van der Waals surface area contributed by atoms with Crippen LogP contribution in [0, 0.1) is 6.92 Å². The molecule has 0 unspecified atom stereocenters. The minimum absolute atomic E-state index is 0.0116. The highest BCUT2D eigenvalue weighted by Gasteiger charge is 2.19. The normalized spacial score (nSPS) is 11.6. The monoisotopic (exact) mass is 400 g/mol. The maximum Gasteiger partial charge on any atom is 0.286 e. The number of aromatic nitrogens is 1. The van der Waals surface area contributed by atoms with E-state index in [-0.39, 0.29) is 10.5 Å². The average Bonchev–Trinajstić information content (AvgIpc) is 3.09. The summed E-state index contributed by atoms with van der Waals surface area (Å²) in [4.78, 5) is 27.6. The molecule has 8 nitrogen and oxygen atoms in total. The molecule has 3 aromatic rings. The molecule has 0 aliphatic heterocycles. The van der Waals surface area contributed by atoms with E-state index in [1.165, 1.54) is 38.4 Å². The van der Waals surface area contributed by atoms with E-state index in [0.29, 0.717) is 5.69 Å². The molecule has 2 aromatic carbocycles. The minimum Gasteiger partial charge on any atom is -0.350 e. The lowest BCUT2D eigenvalue weighted by atomic mass is 10.2. The van der Waals surface area contributed by atoms with Crippen molar-refractivity contribution in [3.63, 3.8) is 0 Å². The minimum atomic E-state index is -3.66. The van der Waals surface area contributed by atoms with Gasteiger partial charge in [-0.3, -0.25) is 20.4 Å². The molecule has 0 fully saturated rings. The Kier molecular flexibility index (Phi) is 5.21. The largest absolute Gasteiger partial charge is 0.350 e. The van der Waals surface area contributed by atoms with Crippen LogP contribution in [-0.2, 0) is 10.0 Å². The summed E-state index contributed by atoms with van der Waals surface area (Å²) in [5.74, 6) is -1.14. The van der Waals surface area contributed by atoms with Gasteiger partial charge in [-0.1, -0.05) is 18.2 Å². The Hall–Kier alpha value is -3.17. The number of carbonyl (C=O) groups excluding carboxylic acids is 2. The summed E-state index contributed by atoms with van der Waals surface area (Å²) in [6, 6.07) is 13.0. The van der Waals surface area contributed by atoms with Crippen LogP contribution in [0.4, 0.5) is 0 Å². The number of amides is 2. The fourth-order valence-electron chi connectivity index (χ4n) is 2.62. The van der Waals surface area contributed by atoms with Crippen molar-refractivity contribution in [3.05, 3.63) is 65.4 Å². The summed E-state index contributed by atoms with van der Waals surface area (Å²) in [6.07, 6.45) is 0. The number of nitrogens with zero attached hydrogens (tertiary/aromatic N) is 1. The number of rotatable bonds is 4. The lowest BCUT2D eigenvalue weighted by molar-refractivity contribution is 0.0844. The highest BCUT2D eigenvalue weighted by Crippen LogP contribution is 2.17. The lowest BCUT2D eigenvalue weighted by Gasteiger charge is -2.12. The van der Waals surface area contributed by atoms with Crippen LogP contribution in [0.2, 0.25) is 0 Å². The number of H-pyrrole nitrogens is 1. The molecule has 3 rings (SSSR count). The van der Waals surface area contributed by atoms with Crippen molar-refractivity contribution in [2.45, 2.75) is 11.8 Å². The topological polar surface area (TPSA) is 111 Å². The highest BCUT2D eigenvalue weighted by atomic mass is 32.2. The van der Waals surface area contributed by atoms with Crippen LogP contribution in [0.3, 0.4) is 0 Å². The third kappa shape index (κ3) is 3.90. The van der Waals surface area contributed by atoms with Gasteiger partial charge in [0.05, 0.1) is 4.90 Å². The zero-order chi connectivity index (χ0) is 20.5. The Morgan fingerprint density at radius 1 is 0.964 bits per heavy atom. The van der Waals surface area contributed by atoms with Crippen molar-refractivity contribution in [1.82, 2.24) is 20.1 Å². The van der Waals surface area contributed by atoms with Gasteiger partial charge in [-0.25, -0.2) is 12.7 Å². The van der Waals surface area contributed by atoms with Gasteiger partial charge in [-0.15, -0.1) is 0 Å². The SMILES string of the molecule is Cc1ccc2cc(C(=O)NNC(=O)c3cccc(S(=O)(=O)N(C)C)c3)[nH]c2c1. The molecule has 28 heavy (non-hydrogen) atoms. The molecule has 0 aliphatic rings. The summed E-state index contributed by atoms with van der Waals surface area (Å²) >= 11 is 0. The fourth-order valence-corrected chi connectivity index (χ4v) is 3.57. The van der Waals surface area contributed by atoms with Crippen LogP contribution in [-0.4, -0.2) is 43.6 Å². The number of carbonyl (C=O) groups is 2. The van der Waals surface area contributed by atoms with Crippen molar-refractivity contribution < 1.29 is 18.0 Å². The summed E-state index contributed by atoms with van der Waals surface area (Å²) < 4.78 is 25.4. The van der Waals surface area contributed by atoms with Gasteiger partial charge in [0.25, 0.3) is 11.8 Å². The van der Waals surface area contributed by atoms with E-state index < -0.39 is 21.8 Å². The average molecular weight is 400 g/mol. The molecule has 1 heterocycles. The summed E-state index contributed by atoms with van der Waals surface area (Å²) in [7, 11) is -0.851. The molecular weight excluding hydrogens is 380 g/mol. The maximum atomic E-state index is 12.3. The van der Waals surface area contributed by atoms with Crippen LogP contribution in [0.25, 0.3) is 10.9 Å². The molecule has 0 atom stereocenters. The Morgan fingerprint density at radius 3 is 2.39 bits per heavy atom. The van der Waals surface area contributed by atoms with E-state index in [2.05, 4.69) is 15.8 Å². The van der Waals surface area contributed by atoms with Crippen LogP contribution < -0.4 is 10.9 Å². The second-order valence-electron chi connectivity index (χ2n) is 6.50. The van der Waals surface area contributed by atoms with Crippen molar-refractivity contribution in [2.75, 3.05) is 14.1 Å². The van der Waals surface area contributed by atoms with Gasteiger partial charge in [-0.05, 0) is 42.8 Å². The quantitative estimate of drug-likeness (QED) is 0.580. The number of hydrogen-bond acceptors (Lipinski definition) is 4. The summed E-state index contributed by atoms with van der Waals surface area (Å²) in [6.45, 7) is 1.95. The van der Waals surface area contributed by atoms with E-state index in [9.17, 15) is 18.0 Å². The van der Waals surface area contributed by atoms with Gasteiger partial charge in [0.15, 0.2) is 0 Å². The number of nitrogens with one attached hydrogen (secondary N) is 3. The van der Waals surface area contributed by atoms with Gasteiger partial charge in [0.2, 0.25) is 10.0 Å². The molecule has 2 amide bonds. The Bertz CT molecular complexity index is 1170. The molecule has 0 radical (unpaired) electrons. The standard InChI is InChI=1S/C19H20N4O4S/c1-12-7-8-13-11-17(20-16(13)9-12)19(25)22-21-18(24)14-5-4-6-15(10-14)28(26,27)23(2)3/h4-11,20H,1-3H3,(H,21,24)(H,22,25). The van der Waals surface area contributed by atoms with Crippen molar-refractivity contribution in [3.8, 4) is 0 Å². The Morgan fingerprint density at radius 2 is 1.68 bits per heavy atom. The molecular formula is C19H20N4O4S. The summed E-state index contributed by atoms with van der Waals surface area (Å²) in [5, 5.41) is 0.878. The first-order valence-corrected chi connectivity index (χ1v) is 9.85. The van der Waals surface area contributed by atoms with Gasteiger partial charge in [-0.2, -0.15) is 0 Å². The van der Waals surface area contributed by atoms with Gasteiger partial charge >= 0.3 is 0 Å². The van der Waals surface area contributed by atoms with Crippen LogP contribution in [0.15, 0.2) is 53.4 Å². The fraction of sp³-hybridized carbons (Fsp3) is 0.158. The number of benzene rings is 2. The molecule has 0 spiro atoms. The molecule has 0 aliphatic carbocycles. The molecule has 9 heteroatoms. The summed E-state index contributed by atoms with van der Waals surface area (Å²) in [5.41, 5.74) is 6.90. The number of aryl methyl sites for hydroxylation is 1. The van der Waals surface area contributed by atoms with Crippen LogP contribution in [0.5, 0.6) is 0 Å². The zero-order valence-corrected chi connectivity index (χ0v) is 16.4. The molecule has 0 saturated heterocycles. The number of sulfonamides is 1. The Balaban J connectivity index is 1.72. The predicted octanol–water partition coefficient (Wildman–Crippen LogP) is 1.80. The Labute approximate surface area is 162 Å². The van der Waals surface area contributed by atoms with Crippen molar-refractivity contribution >= 4 is 32.7 Å². The van der Waals surface area contributed by atoms with E-state index in [0.717, 1.165) is 20.8 Å². The zero-order valence-electron chi connectivity index (χ0n) is 15.6. The molecule has 0 saturated carbocycles. The second kappa shape index (κ2) is 7.45. The maximum absolute atomic E-state index is 12.3. The van der Waals surface area contributed by atoms with Gasteiger partial charge in [0.1, 0.15) is 5.69 Å². The first kappa shape index (κ1) is 19.6. The van der Waals surface area contributed by atoms with Gasteiger partial charge < -0.3 is 4.98 Å². The number of hydrazine groups is 1. The second-order valence-corrected chi connectivity index (χ2v) is 8.65. The van der Waals surface area contributed by atoms with E-state index in [1.807, 2.05) is 25.1 Å². The van der Waals surface area contributed by atoms with Gasteiger partial charge in [0, 0.05) is 30.6 Å². The van der Waals surface area contributed by atoms with E-state index in [1.54, 1.807) is 6.07 Å². The first-order chi connectivity index (χ1) is 13.2.